The molecular weight excluding hydrogens is 98.9 g/mol. The van der Waals surface area contributed by atoms with Crippen LogP contribution in [0.5, 0.6) is 0 Å². The minimum Gasteiger partial charge on any atom is -0.338 e. The summed E-state index contributed by atoms with van der Waals surface area (Å²) >= 11 is 0. The van der Waals surface area contributed by atoms with E-state index in [9.17, 15) is 0 Å². The van der Waals surface area contributed by atoms with E-state index in [1.807, 2.05) is 5.98 Å². The number of nitrogens with one attached hydrogen (secondary N) is 2. The molecule has 2 N–H and O–H groups in total. The minimum atomic E-state index is 0.351. The summed E-state index contributed by atoms with van der Waals surface area (Å²) in [4.78, 5) is 0. The van der Waals surface area contributed by atoms with Crippen LogP contribution in [0.1, 0.15) is 6.42 Å². The lowest BCUT2D eigenvalue weighted by Crippen LogP contribution is -2.51. The highest BCUT2D eigenvalue weighted by molar-refractivity contribution is 6.59. The molecule has 0 aromatic rings. The van der Waals surface area contributed by atoms with Crippen molar-refractivity contribution in [2.75, 3.05) is 13.1 Å². The van der Waals surface area contributed by atoms with Crippen LogP contribution in [0.3, 0.4) is 0 Å². The molecule has 3 heteroatoms. The Morgan fingerprint density at radius 3 is 2.38 bits per heavy atom. The van der Waals surface area contributed by atoms with E-state index in [0.717, 1.165) is 13.1 Å². The summed E-state index contributed by atoms with van der Waals surface area (Å²) in [5.74, 6) is 1.89. The Labute approximate surface area is 50.5 Å². The van der Waals surface area contributed by atoms with Gasteiger partial charge in [0.25, 0.3) is 0 Å². The molecule has 1 saturated heterocycles. The maximum atomic E-state index is 3.66. The Morgan fingerprint density at radius 2 is 2.00 bits per heavy atom. The Balaban J connectivity index is 2.22. The second kappa shape index (κ2) is 2.90. The molecule has 1 rings (SSSR count). The topological polar surface area (TPSA) is 24.1 Å². The third kappa shape index (κ3) is 1.35. The third-order valence-corrected chi connectivity index (χ3v) is 1.32. The largest absolute Gasteiger partial charge is 0.338 e. The highest BCUT2D eigenvalue weighted by Gasteiger charge is 2.10. The highest BCUT2D eigenvalue weighted by atomic mass is 15.0. The van der Waals surface area contributed by atoms with Gasteiger partial charge in [0.05, 0.1) is 0 Å². The molecule has 0 aromatic heterocycles. The Hall–Kier alpha value is -0.275. The van der Waals surface area contributed by atoms with Gasteiger partial charge in [-0.1, -0.05) is 5.98 Å². The van der Waals surface area contributed by atoms with Crippen molar-refractivity contribution in [3.05, 3.63) is 12.6 Å². The normalized spacial score (nSPS) is 20.8. The lowest BCUT2D eigenvalue weighted by molar-refractivity contribution is 0.696. The molecule has 0 radical (unpaired) electrons. The lowest BCUT2D eigenvalue weighted by Gasteiger charge is -2.17. The second-order valence-electron chi connectivity index (χ2n) is 1.98. The van der Waals surface area contributed by atoms with E-state index in [4.69, 9.17) is 0 Å². The van der Waals surface area contributed by atoms with Gasteiger partial charge in [0.2, 0.25) is 0 Å². The zero-order valence-electron chi connectivity index (χ0n) is 4.98. The molecule has 0 unspecified atom stereocenters. The van der Waals surface area contributed by atoms with Crippen LogP contribution in [0.25, 0.3) is 0 Å². The molecule has 1 heterocycles. The second-order valence-corrected chi connectivity index (χ2v) is 1.98. The first-order chi connectivity index (χ1) is 3.93. The molecule has 0 atom stereocenters. The van der Waals surface area contributed by atoms with E-state index < -0.39 is 0 Å². The van der Waals surface area contributed by atoms with E-state index in [2.05, 4.69) is 17.0 Å². The first-order valence-corrected chi connectivity index (χ1v) is 3.03. The van der Waals surface area contributed by atoms with Gasteiger partial charge >= 0.3 is 6.98 Å². The molecule has 1 aliphatic rings. The summed E-state index contributed by atoms with van der Waals surface area (Å²) in [7, 11) is 0. The third-order valence-electron chi connectivity index (χ3n) is 1.32. The number of hydrogen-bond donors (Lipinski definition) is 2. The molecule has 0 saturated carbocycles. The molecule has 0 amide bonds. The fourth-order valence-electron chi connectivity index (χ4n) is 0.842. The summed E-state index contributed by atoms with van der Waals surface area (Å²) in [5.41, 5.74) is 0. The van der Waals surface area contributed by atoms with E-state index in [1.54, 1.807) is 0 Å². The van der Waals surface area contributed by atoms with Gasteiger partial charge in [-0.3, -0.25) is 0 Å². The minimum absolute atomic E-state index is 0.351. The molecule has 1 fully saturated rings. The highest BCUT2D eigenvalue weighted by Crippen LogP contribution is 1.83. The zero-order chi connectivity index (χ0) is 5.82. The van der Waals surface area contributed by atoms with Crippen molar-refractivity contribution in [1.82, 2.24) is 10.5 Å². The van der Waals surface area contributed by atoms with Gasteiger partial charge in [0.15, 0.2) is 0 Å². The van der Waals surface area contributed by atoms with Crippen molar-refractivity contribution in [1.29, 1.82) is 0 Å². The predicted molar refractivity (Wildman–Crippen MR) is 36.6 cm³/mol. The molecule has 1 aliphatic heterocycles. The van der Waals surface area contributed by atoms with Gasteiger partial charge in [-0.05, 0) is 19.5 Å². The van der Waals surface area contributed by atoms with Crippen molar-refractivity contribution in [2.24, 2.45) is 0 Å². The summed E-state index contributed by atoms with van der Waals surface area (Å²) in [6.07, 6.45) is 1.23. The molecule has 2 nitrogen and oxygen atoms in total. The molecule has 8 heavy (non-hydrogen) atoms. The average molecular weight is 110 g/mol. The van der Waals surface area contributed by atoms with Crippen LogP contribution in [-0.4, -0.2) is 20.1 Å². The van der Waals surface area contributed by atoms with Crippen LogP contribution in [0.4, 0.5) is 0 Å². The predicted octanol–water partition coefficient (Wildman–Crippen LogP) is -0.217. The SMILES string of the molecule is C=CB1NCCCN1. The maximum Gasteiger partial charge on any atom is 0.332 e. The Morgan fingerprint density at radius 1 is 1.38 bits per heavy atom. The molecule has 0 aromatic carbocycles. The van der Waals surface area contributed by atoms with Gasteiger partial charge in [0.1, 0.15) is 0 Å². The van der Waals surface area contributed by atoms with Crippen LogP contribution < -0.4 is 10.5 Å². The van der Waals surface area contributed by atoms with E-state index in [0.29, 0.717) is 6.98 Å². The van der Waals surface area contributed by atoms with Gasteiger partial charge in [-0.2, -0.15) is 0 Å². The quantitative estimate of drug-likeness (QED) is 0.456. The first-order valence-electron chi connectivity index (χ1n) is 3.03. The lowest BCUT2D eigenvalue weighted by atomic mass is 9.75. The average Bonchev–Trinajstić information content (AvgIpc) is 1.90. The zero-order valence-corrected chi connectivity index (χ0v) is 4.98. The van der Waals surface area contributed by atoms with Crippen molar-refractivity contribution in [3.63, 3.8) is 0 Å². The fourth-order valence-corrected chi connectivity index (χ4v) is 0.842. The standard InChI is InChI=1S/C5H11BN2/c1-2-6-7-4-3-5-8-6/h2,7-8H,1,3-5H2. The first kappa shape index (κ1) is 5.85. The molecule has 44 valence electrons. The van der Waals surface area contributed by atoms with Gasteiger partial charge in [-0.25, -0.2) is 0 Å². The van der Waals surface area contributed by atoms with Crippen molar-refractivity contribution in [3.8, 4) is 0 Å². The van der Waals surface area contributed by atoms with E-state index >= 15 is 0 Å². The maximum absolute atomic E-state index is 3.66. The van der Waals surface area contributed by atoms with E-state index in [-0.39, 0.29) is 0 Å². The smallest absolute Gasteiger partial charge is 0.332 e. The molecule has 0 spiro atoms. The molecule has 0 bridgehead atoms. The van der Waals surface area contributed by atoms with Crippen LogP contribution in [0, 0.1) is 0 Å². The van der Waals surface area contributed by atoms with Gasteiger partial charge in [0, 0.05) is 0 Å². The van der Waals surface area contributed by atoms with Crippen LogP contribution >= 0.6 is 0 Å². The number of rotatable bonds is 1. The monoisotopic (exact) mass is 110 g/mol. The summed E-state index contributed by atoms with van der Waals surface area (Å²) in [5, 5.41) is 6.48. The van der Waals surface area contributed by atoms with E-state index in [1.165, 1.54) is 6.42 Å². The molecule has 0 aliphatic carbocycles. The fraction of sp³-hybridized carbons (Fsp3) is 0.600. The van der Waals surface area contributed by atoms with Gasteiger partial charge < -0.3 is 10.5 Å². The van der Waals surface area contributed by atoms with Crippen molar-refractivity contribution < 1.29 is 0 Å². The summed E-state index contributed by atoms with van der Waals surface area (Å²) in [6.45, 7) is 6.24. The van der Waals surface area contributed by atoms with Crippen molar-refractivity contribution >= 4 is 6.98 Å². The summed E-state index contributed by atoms with van der Waals surface area (Å²) < 4.78 is 0. The Bertz CT molecular complexity index is 78.5. The van der Waals surface area contributed by atoms with Gasteiger partial charge in [-0.15, -0.1) is 6.58 Å². The number of hydrogen-bond acceptors (Lipinski definition) is 2. The van der Waals surface area contributed by atoms with Crippen LogP contribution in [0.15, 0.2) is 12.6 Å². The summed E-state index contributed by atoms with van der Waals surface area (Å²) in [6, 6.07) is 0. The Kier molecular flexibility index (Phi) is 2.12. The molecular formula is C5H11BN2. The van der Waals surface area contributed by atoms with Crippen LogP contribution in [-0.2, 0) is 0 Å². The van der Waals surface area contributed by atoms with Crippen LogP contribution in [0.2, 0.25) is 0 Å². The van der Waals surface area contributed by atoms with Crippen molar-refractivity contribution in [2.45, 2.75) is 6.42 Å².